The number of urea groups is 1. The van der Waals surface area contributed by atoms with E-state index in [4.69, 9.17) is 34.8 Å². The summed E-state index contributed by atoms with van der Waals surface area (Å²) < 4.78 is 38.9. The number of anilines is 1. The molecule has 0 radical (unpaired) electrons. The third kappa shape index (κ3) is 5.19. The number of nitrogens with one attached hydrogen (secondary N) is 2. The predicted molar refractivity (Wildman–Crippen MR) is 112 cm³/mol. The van der Waals surface area contributed by atoms with Gasteiger partial charge in [-0.3, -0.25) is 0 Å². The molecule has 0 unspecified atom stereocenters. The fourth-order valence-corrected chi connectivity index (χ4v) is 4.60. The first kappa shape index (κ1) is 21.8. The van der Waals surface area contributed by atoms with Gasteiger partial charge in [0, 0.05) is 26.8 Å². The quantitative estimate of drug-likeness (QED) is 0.372. The van der Waals surface area contributed by atoms with Crippen LogP contribution in [0.1, 0.15) is 11.1 Å². The Balaban J connectivity index is 1.71. The number of carbonyl (C=O) groups excluding carboxylic acids is 1. The lowest BCUT2D eigenvalue weighted by atomic mass is 10.1. The van der Waals surface area contributed by atoms with Crippen molar-refractivity contribution in [3.63, 3.8) is 0 Å². The number of para-hydroxylation sites is 1. The number of halogens is 6. The van der Waals surface area contributed by atoms with Crippen LogP contribution in [0, 0.1) is 0 Å². The summed E-state index contributed by atoms with van der Waals surface area (Å²) in [5.41, 5.74) is 2.02. The van der Waals surface area contributed by atoms with Gasteiger partial charge >= 0.3 is 12.2 Å². The van der Waals surface area contributed by atoms with Crippen molar-refractivity contribution in [2.45, 2.75) is 11.1 Å². The highest BCUT2D eigenvalue weighted by atomic mass is 35.5. The topological polar surface area (TPSA) is 53.5 Å². The normalized spacial score (nSPS) is 14.1. The largest absolute Gasteiger partial charge is 0.418 e. The first-order valence-electron chi connectivity index (χ1n) is 7.94. The summed E-state index contributed by atoms with van der Waals surface area (Å²) in [5, 5.41) is 7.16. The van der Waals surface area contributed by atoms with E-state index in [0.29, 0.717) is 32.0 Å². The van der Waals surface area contributed by atoms with Gasteiger partial charge in [-0.25, -0.2) is 10.2 Å². The number of hydrogen-bond donors (Lipinski definition) is 2. The van der Waals surface area contributed by atoms with Crippen molar-refractivity contribution in [1.29, 1.82) is 0 Å². The third-order valence-corrected chi connectivity index (χ3v) is 6.02. The molecule has 29 heavy (non-hydrogen) atoms. The molecular weight excluding hydrogens is 470 g/mol. The van der Waals surface area contributed by atoms with Gasteiger partial charge in [0.2, 0.25) is 0 Å². The van der Waals surface area contributed by atoms with Gasteiger partial charge in [-0.1, -0.05) is 46.9 Å². The van der Waals surface area contributed by atoms with Crippen LogP contribution in [0.25, 0.3) is 5.03 Å². The minimum absolute atomic E-state index is 0.372. The molecule has 2 N–H and O–H groups in total. The van der Waals surface area contributed by atoms with E-state index in [1.165, 1.54) is 30.1 Å². The summed E-state index contributed by atoms with van der Waals surface area (Å²) in [6, 6.07) is 6.98. The summed E-state index contributed by atoms with van der Waals surface area (Å²) in [5.74, 6) is 0.441. The first-order chi connectivity index (χ1) is 13.7. The number of nitrogens with zero attached hydrogens (tertiary/aromatic N) is 1. The Bertz CT molecular complexity index is 1030. The van der Waals surface area contributed by atoms with Crippen LogP contribution in [0.2, 0.25) is 10.0 Å². The Morgan fingerprint density at radius 2 is 1.90 bits per heavy atom. The summed E-state index contributed by atoms with van der Waals surface area (Å²) in [4.78, 5) is 12.7. The molecule has 0 atom stereocenters. The number of thioether (sulfide) groups is 1. The third-order valence-electron chi connectivity index (χ3n) is 3.77. The van der Waals surface area contributed by atoms with Crippen LogP contribution in [0.15, 0.2) is 52.0 Å². The van der Waals surface area contributed by atoms with Crippen LogP contribution >= 0.6 is 46.6 Å². The average molecular weight is 481 g/mol. The number of carbonyl (C=O) groups is 1. The number of alkyl halides is 3. The van der Waals surface area contributed by atoms with E-state index in [9.17, 15) is 18.0 Å². The van der Waals surface area contributed by atoms with Crippen LogP contribution in [-0.4, -0.2) is 18.0 Å². The molecule has 2 amide bonds. The molecule has 2 aromatic carbocycles. The Labute approximate surface area is 183 Å². The Kier molecular flexibility index (Phi) is 6.68. The molecule has 0 spiro atoms. The van der Waals surface area contributed by atoms with E-state index in [2.05, 4.69) is 15.8 Å². The highest BCUT2D eigenvalue weighted by Gasteiger charge is 2.33. The lowest BCUT2D eigenvalue weighted by Gasteiger charge is -2.18. The number of hydrazone groups is 1. The smallest absolute Gasteiger partial charge is 0.306 e. The van der Waals surface area contributed by atoms with Crippen LogP contribution < -0.4 is 10.7 Å². The van der Waals surface area contributed by atoms with Crippen molar-refractivity contribution in [2.75, 3.05) is 11.1 Å². The average Bonchev–Trinajstić information content (AvgIpc) is 2.63. The maximum absolute atomic E-state index is 13.0. The van der Waals surface area contributed by atoms with E-state index < -0.39 is 17.8 Å². The molecule has 2 aromatic rings. The van der Waals surface area contributed by atoms with Gasteiger partial charge in [0.1, 0.15) is 0 Å². The molecule has 0 saturated heterocycles. The second kappa shape index (κ2) is 8.87. The van der Waals surface area contributed by atoms with Crippen LogP contribution in [0.3, 0.4) is 0 Å². The summed E-state index contributed by atoms with van der Waals surface area (Å²) in [7, 11) is 0. The molecule has 1 heterocycles. The summed E-state index contributed by atoms with van der Waals surface area (Å²) in [6.07, 6.45) is -3.27. The van der Waals surface area contributed by atoms with Gasteiger partial charge < -0.3 is 5.32 Å². The van der Waals surface area contributed by atoms with Gasteiger partial charge in [0.15, 0.2) is 0 Å². The SMILES string of the molecule is O=C(N/N=C/C1=C(Cl)c2cc(Cl)cc(Cl)c2SC1)Nc1ccccc1C(F)(F)F. The lowest BCUT2D eigenvalue weighted by Crippen LogP contribution is -2.26. The highest BCUT2D eigenvalue weighted by Crippen LogP contribution is 2.44. The molecule has 0 fully saturated rings. The van der Waals surface area contributed by atoms with Crippen LogP contribution in [-0.2, 0) is 6.18 Å². The van der Waals surface area contributed by atoms with Crippen molar-refractivity contribution in [3.8, 4) is 0 Å². The molecule has 0 bridgehead atoms. The number of hydrogen-bond acceptors (Lipinski definition) is 3. The van der Waals surface area contributed by atoms with E-state index in [-0.39, 0.29) is 5.69 Å². The van der Waals surface area contributed by atoms with Crippen LogP contribution in [0.4, 0.5) is 23.7 Å². The van der Waals surface area contributed by atoms with E-state index in [0.717, 1.165) is 17.0 Å². The van der Waals surface area contributed by atoms with Gasteiger partial charge in [-0.05, 0) is 24.3 Å². The molecule has 1 aliphatic rings. The monoisotopic (exact) mass is 479 g/mol. The molecular formula is C18H11Cl3F3N3OS. The minimum atomic E-state index is -4.60. The second-order valence-electron chi connectivity index (χ2n) is 5.76. The summed E-state index contributed by atoms with van der Waals surface area (Å²) in [6.45, 7) is 0. The molecule has 0 aromatic heterocycles. The Morgan fingerprint density at radius 1 is 1.17 bits per heavy atom. The number of benzene rings is 2. The standard InChI is InChI=1S/C18H11Cl3F3N3OS/c19-10-5-11-15(21)9(8-29-16(11)13(20)6-10)7-25-27-17(28)26-14-4-2-1-3-12(14)18(22,23)24/h1-7H,8H2,(H2,26,27,28)/b25-7+. The van der Waals surface area contributed by atoms with Gasteiger partial charge in [0.25, 0.3) is 0 Å². The molecule has 1 aliphatic heterocycles. The Hall–Kier alpha value is -1.87. The fraction of sp³-hybridized carbons (Fsp3) is 0.111. The summed E-state index contributed by atoms with van der Waals surface area (Å²) >= 11 is 20.0. The second-order valence-corrected chi connectivity index (χ2v) is 7.97. The maximum Gasteiger partial charge on any atom is 0.418 e. The molecule has 3 rings (SSSR count). The zero-order valence-electron chi connectivity index (χ0n) is 14.3. The van der Waals surface area contributed by atoms with E-state index in [1.54, 1.807) is 12.1 Å². The van der Waals surface area contributed by atoms with Crippen molar-refractivity contribution in [3.05, 3.63) is 63.1 Å². The zero-order valence-corrected chi connectivity index (χ0v) is 17.4. The van der Waals surface area contributed by atoms with Crippen LogP contribution in [0.5, 0.6) is 0 Å². The highest BCUT2D eigenvalue weighted by molar-refractivity contribution is 7.99. The zero-order chi connectivity index (χ0) is 21.2. The van der Waals surface area contributed by atoms with E-state index >= 15 is 0 Å². The minimum Gasteiger partial charge on any atom is -0.306 e. The molecule has 0 aliphatic carbocycles. The molecule has 11 heteroatoms. The van der Waals surface area contributed by atoms with E-state index in [1.807, 2.05) is 0 Å². The predicted octanol–water partition coefficient (Wildman–Crippen LogP) is 6.88. The molecule has 4 nitrogen and oxygen atoms in total. The number of fused-ring (bicyclic) bond motifs is 1. The van der Waals surface area contributed by atoms with Crippen molar-refractivity contribution in [1.82, 2.24) is 5.43 Å². The molecule has 0 saturated carbocycles. The van der Waals surface area contributed by atoms with Crippen molar-refractivity contribution in [2.24, 2.45) is 5.10 Å². The van der Waals surface area contributed by atoms with Crippen molar-refractivity contribution < 1.29 is 18.0 Å². The number of amides is 2. The Morgan fingerprint density at radius 3 is 2.62 bits per heavy atom. The molecule has 152 valence electrons. The van der Waals surface area contributed by atoms with Gasteiger partial charge in [-0.15, -0.1) is 11.8 Å². The van der Waals surface area contributed by atoms with Crippen molar-refractivity contribution >= 4 is 69.5 Å². The fourth-order valence-electron chi connectivity index (χ4n) is 2.51. The van der Waals surface area contributed by atoms with Gasteiger partial charge in [-0.2, -0.15) is 18.3 Å². The lowest BCUT2D eigenvalue weighted by molar-refractivity contribution is -0.136. The number of rotatable bonds is 3. The maximum atomic E-state index is 13.0. The first-order valence-corrected chi connectivity index (χ1v) is 10.1. The van der Waals surface area contributed by atoms with Gasteiger partial charge in [0.05, 0.1) is 27.5 Å².